The summed E-state index contributed by atoms with van der Waals surface area (Å²) in [7, 11) is 0. The molecule has 0 aromatic heterocycles. The van der Waals surface area contributed by atoms with Gasteiger partial charge in [0.1, 0.15) is 6.23 Å². The number of ether oxygens (including phenoxy) is 1. The molecule has 0 aromatic rings. The van der Waals surface area contributed by atoms with Crippen molar-refractivity contribution >= 4 is 0 Å². The number of allylic oxidation sites excluding steroid dienone is 2. The van der Waals surface area contributed by atoms with E-state index in [1.807, 2.05) is 6.08 Å². The van der Waals surface area contributed by atoms with Crippen LogP contribution in [0.1, 0.15) is 12.8 Å². The molecule has 1 saturated heterocycles. The molecule has 3 atom stereocenters. The molecule has 3 unspecified atom stereocenters. The van der Waals surface area contributed by atoms with Gasteiger partial charge >= 0.3 is 0 Å². The van der Waals surface area contributed by atoms with Crippen LogP contribution in [0.5, 0.6) is 0 Å². The van der Waals surface area contributed by atoms with E-state index in [0.717, 1.165) is 11.5 Å². The Hall–Kier alpha value is -1.04. The lowest BCUT2D eigenvalue weighted by atomic mass is 10.0. The Morgan fingerprint density at radius 3 is 3.07 bits per heavy atom. The van der Waals surface area contributed by atoms with E-state index in [-0.39, 0.29) is 18.4 Å². The van der Waals surface area contributed by atoms with Gasteiger partial charge in [-0.15, -0.1) is 6.42 Å². The Kier molecular flexibility index (Phi) is 1.76. The highest BCUT2D eigenvalue weighted by molar-refractivity contribution is 5.41. The predicted molar refractivity (Wildman–Crippen MR) is 54.4 cm³/mol. The minimum absolute atomic E-state index is 0.192. The van der Waals surface area contributed by atoms with Gasteiger partial charge in [0.05, 0.1) is 12.1 Å². The molecule has 1 aliphatic heterocycles. The molecule has 14 heavy (non-hydrogen) atoms. The Balaban J connectivity index is 1.77. The minimum atomic E-state index is 0.192. The molecule has 72 valence electrons. The zero-order valence-corrected chi connectivity index (χ0v) is 7.94. The molecule has 1 heterocycles. The lowest BCUT2D eigenvalue weighted by Crippen LogP contribution is -2.33. The summed E-state index contributed by atoms with van der Waals surface area (Å²) in [4.78, 5) is 0. The molecule has 3 aliphatic rings. The van der Waals surface area contributed by atoms with Gasteiger partial charge in [-0.05, 0) is 30.9 Å². The first-order valence-corrected chi connectivity index (χ1v) is 5.15. The third-order valence-electron chi connectivity index (χ3n) is 3.06. The molecule has 1 N–H and O–H groups in total. The standard InChI is InChI=1S/C12H13NO/c1-2-8-3-6-11-10(7-8)13-12(14-11)9-4-5-9/h1,3,6-7,9-13H,4-5H2. The summed E-state index contributed by atoms with van der Waals surface area (Å²) in [6, 6.07) is 0.289. The highest BCUT2D eigenvalue weighted by Gasteiger charge is 2.41. The monoisotopic (exact) mass is 187 g/mol. The number of rotatable bonds is 1. The average Bonchev–Trinajstić information content (AvgIpc) is 2.97. The fourth-order valence-corrected chi connectivity index (χ4v) is 2.08. The summed E-state index contributed by atoms with van der Waals surface area (Å²) in [6.07, 6.45) is 14.5. The van der Waals surface area contributed by atoms with Crippen LogP contribution >= 0.6 is 0 Å². The quantitative estimate of drug-likeness (QED) is 0.623. The van der Waals surface area contributed by atoms with Gasteiger partial charge in [-0.2, -0.15) is 0 Å². The Morgan fingerprint density at radius 1 is 1.50 bits per heavy atom. The molecule has 2 nitrogen and oxygen atoms in total. The van der Waals surface area contributed by atoms with Crippen molar-refractivity contribution in [3.8, 4) is 12.3 Å². The van der Waals surface area contributed by atoms with Gasteiger partial charge in [0.2, 0.25) is 0 Å². The molecule has 0 bridgehead atoms. The number of nitrogens with one attached hydrogen (secondary N) is 1. The third-order valence-corrected chi connectivity index (χ3v) is 3.06. The van der Waals surface area contributed by atoms with Crippen molar-refractivity contribution in [3.63, 3.8) is 0 Å². The van der Waals surface area contributed by atoms with E-state index in [2.05, 4.69) is 23.4 Å². The van der Waals surface area contributed by atoms with E-state index < -0.39 is 0 Å². The summed E-state index contributed by atoms with van der Waals surface area (Å²) in [5, 5.41) is 3.47. The van der Waals surface area contributed by atoms with E-state index >= 15 is 0 Å². The maximum atomic E-state index is 5.87. The van der Waals surface area contributed by atoms with Crippen molar-refractivity contribution in [1.29, 1.82) is 0 Å². The van der Waals surface area contributed by atoms with Gasteiger partial charge in [-0.25, -0.2) is 0 Å². The van der Waals surface area contributed by atoms with Gasteiger partial charge < -0.3 is 4.74 Å². The average molecular weight is 187 g/mol. The second kappa shape index (κ2) is 2.98. The lowest BCUT2D eigenvalue weighted by Gasteiger charge is -2.14. The van der Waals surface area contributed by atoms with Crippen molar-refractivity contribution in [2.24, 2.45) is 5.92 Å². The Bertz CT molecular complexity index is 346. The molecular formula is C12H13NO. The molecule has 0 aromatic carbocycles. The van der Waals surface area contributed by atoms with Gasteiger partial charge in [0.25, 0.3) is 0 Å². The van der Waals surface area contributed by atoms with E-state index in [0.29, 0.717) is 0 Å². The van der Waals surface area contributed by atoms with Crippen molar-refractivity contribution in [1.82, 2.24) is 5.32 Å². The van der Waals surface area contributed by atoms with Crippen LogP contribution in [0.25, 0.3) is 0 Å². The topological polar surface area (TPSA) is 21.3 Å². The van der Waals surface area contributed by atoms with Crippen LogP contribution in [-0.4, -0.2) is 18.4 Å². The molecule has 0 amide bonds. The summed E-state index contributed by atoms with van der Waals surface area (Å²) < 4.78 is 5.87. The predicted octanol–water partition coefficient (Wildman–Crippen LogP) is 1.21. The molecule has 2 fully saturated rings. The maximum absolute atomic E-state index is 5.87. The van der Waals surface area contributed by atoms with E-state index in [1.54, 1.807) is 0 Å². The fourth-order valence-electron chi connectivity index (χ4n) is 2.08. The van der Waals surface area contributed by atoms with Crippen LogP contribution in [-0.2, 0) is 4.74 Å². The number of hydrogen-bond donors (Lipinski definition) is 1. The van der Waals surface area contributed by atoms with Crippen molar-refractivity contribution in [2.45, 2.75) is 31.2 Å². The summed E-state index contributed by atoms with van der Waals surface area (Å²) >= 11 is 0. The smallest absolute Gasteiger partial charge is 0.112 e. The van der Waals surface area contributed by atoms with Gasteiger partial charge in [-0.1, -0.05) is 12.0 Å². The van der Waals surface area contributed by atoms with Crippen LogP contribution in [0.15, 0.2) is 23.8 Å². The first kappa shape index (κ1) is 8.28. The zero-order chi connectivity index (χ0) is 9.54. The largest absolute Gasteiger partial charge is 0.354 e. The van der Waals surface area contributed by atoms with Crippen molar-refractivity contribution in [3.05, 3.63) is 23.8 Å². The molecule has 1 saturated carbocycles. The molecule has 3 rings (SSSR count). The van der Waals surface area contributed by atoms with Crippen LogP contribution < -0.4 is 5.32 Å². The van der Waals surface area contributed by atoms with Crippen molar-refractivity contribution < 1.29 is 4.74 Å². The van der Waals surface area contributed by atoms with Crippen LogP contribution in [0.2, 0.25) is 0 Å². The number of terminal acetylenes is 1. The fraction of sp³-hybridized carbons (Fsp3) is 0.500. The molecule has 2 heteroatoms. The van der Waals surface area contributed by atoms with E-state index in [1.165, 1.54) is 12.8 Å². The van der Waals surface area contributed by atoms with Gasteiger partial charge in [-0.3, -0.25) is 5.32 Å². The highest BCUT2D eigenvalue weighted by atomic mass is 16.5. The van der Waals surface area contributed by atoms with E-state index in [4.69, 9.17) is 11.2 Å². The summed E-state index contributed by atoms with van der Waals surface area (Å²) in [6.45, 7) is 0. The lowest BCUT2D eigenvalue weighted by molar-refractivity contribution is 0.0488. The number of fused-ring (bicyclic) bond motifs is 1. The molecule has 2 aliphatic carbocycles. The molecule has 0 radical (unpaired) electrons. The maximum Gasteiger partial charge on any atom is 0.112 e. The third kappa shape index (κ3) is 1.30. The second-order valence-electron chi connectivity index (χ2n) is 4.18. The van der Waals surface area contributed by atoms with Crippen molar-refractivity contribution in [2.75, 3.05) is 0 Å². The van der Waals surface area contributed by atoms with Crippen LogP contribution in [0.3, 0.4) is 0 Å². The second-order valence-corrected chi connectivity index (χ2v) is 4.18. The van der Waals surface area contributed by atoms with Crippen LogP contribution in [0.4, 0.5) is 0 Å². The normalized spacial score (nSPS) is 40.2. The van der Waals surface area contributed by atoms with Crippen LogP contribution in [0, 0.1) is 18.3 Å². The first-order valence-electron chi connectivity index (χ1n) is 5.15. The van der Waals surface area contributed by atoms with Gasteiger partial charge in [0, 0.05) is 5.57 Å². The summed E-state index contributed by atoms with van der Waals surface area (Å²) in [5.74, 6) is 3.39. The zero-order valence-electron chi connectivity index (χ0n) is 7.94. The highest BCUT2D eigenvalue weighted by Crippen LogP contribution is 2.37. The minimum Gasteiger partial charge on any atom is -0.354 e. The molecular weight excluding hydrogens is 174 g/mol. The first-order chi connectivity index (χ1) is 6.86. The Labute approximate surface area is 84.0 Å². The van der Waals surface area contributed by atoms with Gasteiger partial charge in [0.15, 0.2) is 0 Å². The SMILES string of the molecule is C#CC1=CC2NC(C3CC3)OC2C=C1. The Morgan fingerprint density at radius 2 is 2.36 bits per heavy atom. The molecule has 0 spiro atoms. The number of hydrogen-bond acceptors (Lipinski definition) is 2. The van der Waals surface area contributed by atoms with E-state index in [9.17, 15) is 0 Å². The summed E-state index contributed by atoms with van der Waals surface area (Å²) in [5.41, 5.74) is 0.957.